The van der Waals surface area contributed by atoms with Gasteiger partial charge >= 0.3 is 0 Å². The number of hydrogen-bond acceptors (Lipinski definition) is 5. The second-order valence-electron chi connectivity index (χ2n) is 7.87. The summed E-state index contributed by atoms with van der Waals surface area (Å²) in [5.74, 6) is 0.732. The predicted molar refractivity (Wildman–Crippen MR) is 122 cm³/mol. The van der Waals surface area contributed by atoms with E-state index in [1.54, 1.807) is 16.8 Å². The molecule has 1 fully saturated rings. The van der Waals surface area contributed by atoms with Crippen molar-refractivity contribution < 1.29 is 4.79 Å². The fraction of sp³-hybridized carbons (Fsp3) is 0.333. The lowest BCUT2D eigenvalue weighted by Crippen LogP contribution is -2.50. The Balaban J connectivity index is 1.47. The van der Waals surface area contributed by atoms with Gasteiger partial charge in [-0.25, -0.2) is 9.97 Å². The molecule has 0 N–H and O–H groups in total. The van der Waals surface area contributed by atoms with Gasteiger partial charge in [-0.1, -0.05) is 43.3 Å². The first-order valence-corrected chi connectivity index (χ1v) is 10.6. The number of anilines is 1. The van der Waals surface area contributed by atoms with Gasteiger partial charge in [0, 0.05) is 45.3 Å². The molecular formula is C24H27N5O2. The van der Waals surface area contributed by atoms with Crippen molar-refractivity contribution in [3.63, 3.8) is 0 Å². The molecular weight excluding hydrogens is 390 g/mol. The molecule has 0 aliphatic carbocycles. The lowest BCUT2D eigenvalue weighted by atomic mass is 9.97. The lowest BCUT2D eigenvalue weighted by molar-refractivity contribution is -0.131. The minimum atomic E-state index is -0.177. The Hall–Kier alpha value is -3.48. The van der Waals surface area contributed by atoms with Crippen LogP contribution in [0, 0.1) is 0 Å². The van der Waals surface area contributed by atoms with Gasteiger partial charge in [0.2, 0.25) is 5.91 Å². The first-order valence-electron chi connectivity index (χ1n) is 10.6. The third kappa shape index (κ3) is 4.35. The second kappa shape index (κ2) is 9.12. The van der Waals surface area contributed by atoms with Crippen LogP contribution in [0.3, 0.4) is 0 Å². The molecule has 1 aliphatic heterocycles. The van der Waals surface area contributed by atoms with Crippen molar-refractivity contribution in [3.8, 4) is 0 Å². The molecule has 1 aliphatic rings. The molecule has 3 heterocycles. The highest BCUT2D eigenvalue weighted by molar-refractivity contribution is 5.77. The average molecular weight is 418 g/mol. The van der Waals surface area contributed by atoms with E-state index < -0.39 is 0 Å². The zero-order chi connectivity index (χ0) is 21.8. The van der Waals surface area contributed by atoms with E-state index in [-0.39, 0.29) is 17.4 Å². The summed E-state index contributed by atoms with van der Waals surface area (Å²) < 4.78 is 1.60. The summed E-state index contributed by atoms with van der Waals surface area (Å²) in [4.78, 5) is 38.7. The van der Waals surface area contributed by atoms with Gasteiger partial charge in [-0.05, 0) is 23.6 Å². The summed E-state index contributed by atoms with van der Waals surface area (Å²) in [7, 11) is 0. The van der Waals surface area contributed by atoms with Gasteiger partial charge in [-0.2, -0.15) is 0 Å². The molecule has 0 bridgehead atoms. The Morgan fingerprint density at radius 3 is 2.58 bits per heavy atom. The quantitative estimate of drug-likeness (QED) is 0.577. The van der Waals surface area contributed by atoms with Crippen LogP contribution in [0.5, 0.6) is 0 Å². The smallest absolute Gasteiger partial charge is 0.295 e. The number of allylic oxidation sites excluding steroid dienone is 1. The maximum Gasteiger partial charge on any atom is 0.295 e. The van der Waals surface area contributed by atoms with Crippen LogP contribution in [-0.2, 0) is 11.3 Å². The molecule has 4 rings (SSSR count). The van der Waals surface area contributed by atoms with Gasteiger partial charge in [0.1, 0.15) is 5.52 Å². The molecule has 0 saturated carbocycles. The number of benzene rings is 1. The molecule has 3 aromatic rings. The Morgan fingerprint density at radius 2 is 1.87 bits per heavy atom. The van der Waals surface area contributed by atoms with E-state index in [9.17, 15) is 9.59 Å². The molecule has 0 spiro atoms. The van der Waals surface area contributed by atoms with Crippen molar-refractivity contribution in [2.24, 2.45) is 0 Å². The Kier molecular flexibility index (Phi) is 6.11. The standard InChI is InChI=1S/C24H27N5O2/c1-3-12-29-22-20(10-7-11-25-22)26-23(24(29)31)28-15-13-27(14-16-28)21(30)17-18(2)19-8-5-4-6-9-19/h3-11,18H,1,12-17H2,2H3. The normalized spacial score (nSPS) is 15.1. The van der Waals surface area contributed by atoms with Gasteiger partial charge in [-0.3, -0.25) is 14.2 Å². The van der Waals surface area contributed by atoms with E-state index in [1.807, 2.05) is 40.1 Å². The van der Waals surface area contributed by atoms with Gasteiger partial charge in [0.25, 0.3) is 5.56 Å². The fourth-order valence-electron chi connectivity index (χ4n) is 4.03. The molecule has 31 heavy (non-hydrogen) atoms. The number of aromatic nitrogens is 3. The topological polar surface area (TPSA) is 71.3 Å². The molecule has 1 saturated heterocycles. The number of pyridine rings is 1. The molecule has 0 radical (unpaired) electrons. The number of piperazine rings is 1. The van der Waals surface area contributed by atoms with E-state index in [4.69, 9.17) is 0 Å². The summed E-state index contributed by atoms with van der Waals surface area (Å²) in [5.41, 5.74) is 2.23. The lowest BCUT2D eigenvalue weighted by Gasteiger charge is -2.35. The fourth-order valence-corrected chi connectivity index (χ4v) is 4.03. The Labute approximate surface area is 181 Å². The molecule has 1 atom stereocenters. The van der Waals surface area contributed by atoms with Crippen molar-refractivity contribution in [3.05, 3.63) is 77.2 Å². The highest BCUT2D eigenvalue weighted by Gasteiger charge is 2.25. The summed E-state index contributed by atoms with van der Waals surface area (Å²) >= 11 is 0. The summed E-state index contributed by atoms with van der Waals surface area (Å²) in [5, 5.41) is 0. The Bertz CT molecular complexity index is 1130. The largest absolute Gasteiger partial charge is 0.348 e. The number of fused-ring (bicyclic) bond motifs is 1. The van der Waals surface area contributed by atoms with Crippen molar-refractivity contribution in [1.82, 2.24) is 19.4 Å². The minimum Gasteiger partial charge on any atom is -0.348 e. The molecule has 160 valence electrons. The van der Waals surface area contributed by atoms with E-state index in [2.05, 4.69) is 35.6 Å². The first-order chi connectivity index (χ1) is 15.1. The third-order valence-corrected chi connectivity index (χ3v) is 5.78. The number of rotatable bonds is 6. The van der Waals surface area contributed by atoms with Gasteiger partial charge < -0.3 is 9.80 Å². The van der Waals surface area contributed by atoms with E-state index in [1.165, 1.54) is 5.56 Å². The van der Waals surface area contributed by atoms with Gasteiger partial charge in [-0.15, -0.1) is 6.58 Å². The monoisotopic (exact) mass is 417 g/mol. The number of amides is 1. The van der Waals surface area contributed by atoms with E-state index in [0.29, 0.717) is 56.1 Å². The SMILES string of the molecule is C=CCn1c(=O)c(N2CCN(C(=O)CC(C)c3ccccc3)CC2)nc2cccnc21. The maximum atomic E-state index is 13.1. The molecule has 1 unspecified atom stereocenters. The highest BCUT2D eigenvalue weighted by Crippen LogP contribution is 2.21. The summed E-state index contributed by atoms with van der Waals surface area (Å²) in [6.45, 7) is 8.52. The maximum absolute atomic E-state index is 13.1. The third-order valence-electron chi connectivity index (χ3n) is 5.78. The zero-order valence-corrected chi connectivity index (χ0v) is 17.8. The number of nitrogens with zero attached hydrogens (tertiary/aromatic N) is 5. The molecule has 1 amide bonds. The van der Waals surface area contributed by atoms with Gasteiger partial charge in [0.05, 0.1) is 0 Å². The first kappa shape index (κ1) is 20.8. The van der Waals surface area contributed by atoms with Crippen LogP contribution in [0.25, 0.3) is 11.2 Å². The van der Waals surface area contributed by atoms with Gasteiger partial charge in [0.15, 0.2) is 11.5 Å². The minimum absolute atomic E-state index is 0.149. The highest BCUT2D eigenvalue weighted by atomic mass is 16.2. The van der Waals surface area contributed by atoms with Crippen LogP contribution in [-0.4, -0.2) is 51.5 Å². The van der Waals surface area contributed by atoms with Crippen molar-refractivity contribution in [1.29, 1.82) is 0 Å². The van der Waals surface area contributed by atoms with Crippen LogP contribution in [0.1, 0.15) is 24.8 Å². The molecule has 7 nitrogen and oxygen atoms in total. The van der Waals surface area contributed by atoms with Crippen LogP contribution < -0.4 is 10.5 Å². The number of carbonyl (C=O) groups excluding carboxylic acids is 1. The Morgan fingerprint density at radius 1 is 1.13 bits per heavy atom. The number of carbonyl (C=O) groups is 1. The van der Waals surface area contributed by atoms with Crippen molar-refractivity contribution >= 4 is 22.9 Å². The molecule has 1 aromatic carbocycles. The summed E-state index contributed by atoms with van der Waals surface area (Å²) in [6.07, 6.45) is 3.82. The zero-order valence-electron chi connectivity index (χ0n) is 17.8. The summed E-state index contributed by atoms with van der Waals surface area (Å²) in [6, 6.07) is 13.8. The van der Waals surface area contributed by atoms with Crippen LogP contribution in [0.4, 0.5) is 5.82 Å². The average Bonchev–Trinajstić information content (AvgIpc) is 2.81. The van der Waals surface area contributed by atoms with E-state index in [0.717, 1.165) is 0 Å². The predicted octanol–water partition coefficient (Wildman–Crippen LogP) is 2.82. The van der Waals surface area contributed by atoms with Crippen molar-refractivity contribution in [2.45, 2.75) is 25.8 Å². The van der Waals surface area contributed by atoms with E-state index >= 15 is 0 Å². The van der Waals surface area contributed by atoms with Crippen LogP contribution in [0.2, 0.25) is 0 Å². The van der Waals surface area contributed by atoms with Crippen molar-refractivity contribution in [2.75, 3.05) is 31.1 Å². The van der Waals surface area contributed by atoms with Crippen LogP contribution in [0.15, 0.2) is 66.1 Å². The van der Waals surface area contributed by atoms with Crippen LogP contribution >= 0.6 is 0 Å². The molecule has 7 heteroatoms. The molecule has 2 aromatic heterocycles. The number of hydrogen-bond donors (Lipinski definition) is 0. The second-order valence-corrected chi connectivity index (χ2v) is 7.87.